The molecule has 0 bridgehead atoms. The number of aromatic nitrogens is 3. The number of benzene rings is 1. The van der Waals surface area contributed by atoms with Crippen LogP contribution in [0.25, 0.3) is 11.4 Å². The van der Waals surface area contributed by atoms with Crippen molar-refractivity contribution in [1.82, 2.24) is 15.0 Å². The number of carbonyl (C=O) groups is 1. The highest BCUT2D eigenvalue weighted by molar-refractivity contribution is 5.96. The molecule has 4 rings (SSSR count). The van der Waals surface area contributed by atoms with Gasteiger partial charge >= 0.3 is 5.97 Å². The first-order valence-corrected chi connectivity index (χ1v) is 10.1. The Kier molecular flexibility index (Phi) is 6.29. The van der Waals surface area contributed by atoms with Gasteiger partial charge in [0.2, 0.25) is 0 Å². The van der Waals surface area contributed by atoms with Gasteiger partial charge in [-0.15, -0.1) is 0 Å². The van der Waals surface area contributed by atoms with E-state index in [1.165, 1.54) is 0 Å². The standard InChI is InChI=1S/C23H24N4O3/c1-2-30-23(28)20-19(15-17-7-4-3-5-8-17)25-21(18-9-6-10-24-16-18)26-22(20)27-11-13-29-14-12-27/h3-10,16H,2,11-15H2,1H3. The fourth-order valence-corrected chi connectivity index (χ4v) is 3.45. The van der Waals surface area contributed by atoms with Crippen LogP contribution in [0.1, 0.15) is 28.5 Å². The normalized spacial score (nSPS) is 13.8. The zero-order valence-corrected chi connectivity index (χ0v) is 17.0. The van der Waals surface area contributed by atoms with Crippen LogP contribution >= 0.6 is 0 Å². The lowest BCUT2D eigenvalue weighted by Crippen LogP contribution is -2.38. The lowest BCUT2D eigenvalue weighted by Gasteiger charge is -2.30. The lowest BCUT2D eigenvalue weighted by atomic mass is 10.0. The predicted octanol–water partition coefficient (Wildman–Crippen LogP) is 3.14. The van der Waals surface area contributed by atoms with Crippen LogP contribution in [-0.4, -0.2) is 53.8 Å². The molecule has 1 saturated heterocycles. The maximum absolute atomic E-state index is 13.0. The molecule has 0 unspecified atom stereocenters. The lowest BCUT2D eigenvalue weighted by molar-refractivity contribution is 0.0524. The van der Waals surface area contributed by atoms with Gasteiger partial charge in [-0.1, -0.05) is 30.3 Å². The van der Waals surface area contributed by atoms with Crippen LogP contribution < -0.4 is 4.90 Å². The summed E-state index contributed by atoms with van der Waals surface area (Å²) in [7, 11) is 0. The van der Waals surface area contributed by atoms with Gasteiger partial charge in [0, 0.05) is 37.5 Å². The van der Waals surface area contributed by atoms with E-state index in [1.807, 2.05) is 42.5 Å². The summed E-state index contributed by atoms with van der Waals surface area (Å²) in [6, 6.07) is 13.7. The molecule has 0 spiro atoms. The third-order valence-corrected chi connectivity index (χ3v) is 4.89. The maximum Gasteiger partial charge on any atom is 0.343 e. The number of ether oxygens (including phenoxy) is 2. The monoisotopic (exact) mass is 404 g/mol. The second-order valence-electron chi connectivity index (χ2n) is 6.92. The first-order chi connectivity index (χ1) is 14.8. The van der Waals surface area contributed by atoms with Crippen LogP contribution in [0.5, 0.6) is 0 Å². The molecular formula is C23H24N4O3. The third kappa shape index (κ3) is 4.46. The summed E-state index contributed by atoms with van der Waals surface area (Å²) in [4.78, 5) is 28.8. The van der Waals surface area contributed by atoms with Gasteiger partial charge in [-0.05, 0) is 24.6 Å². The Hall–Kier alpha value is -3.32. The minimum atomic E-state index is -0.400. The molecular weight excluding hydrogens is 380 g/mol. The molecule has 154 valence electrons. The molecule has 1 aliphatic rings. The SMILES string of the molecule is CCOC(=O)c1c(Cc2ccccc2)nc(-c2cccnc2)nc1N1CCOCC1. The quantitative estimate of drug-likeness (QED) is 0.584. The summed E-state index contributed by atoms with van der Waals surface area (Å²) in [6.45, 7) is 4.57. The number of carbonyl (C=O) groups excluding carboxylic acids is 1. The molecule has 30 heavy (non-hydrogen) atoms. The smallest absolute Gasteiger partial charge is 0.343 e. The van der Waals surface area contributed by atoms with Crippen molar-refractivity contribution >= 4 is 11.8 Å². The van der Waals surface area contributed by atoms with Crippen molar-refractivity contribution in [2.75, 3.05) is 37.8 Å². The van der Waals surface area contributed by atoms with Gasteiger partial charge in [0.05, 0.1) is 25.5 Å². The molecule has 7 heteroatoms. The number of anilines is 1. The largest absolute Gasteiger partial charge is 0.462 e. The van der Waals surface area contributed by atoms with Crippen molar-refractivity contribution < 1.29 is 14.3 Å². The number of nitrogens with zero attached hydrogens (tertiary/aromatic N) is 4. The molecule has 7 nitrogen and oxygen atoms in total. The topological polar surface area (TPSA) is 77.4 Å². The molecule has 0 saturated carbocycles. The Bertz CT molecular complexity index is 990. The van der Waals surface area contributed by atoms with E-state index < -0.39 is 5.97 Å². The first-order valence-electron chi connectivity index (χ1n) is 10.1. The van der Waals surface area contributed by atoms with Crippen LogP contribution in [0.4, 0.5) is 5.82 Å². The Morgan fingerprint density at radius 1 is 1.10 bits per heavy atom. The Labute approximate surface area is 175 Å². The van der Waals surface area contributed by atoms with E-state index in [-0.39, 0.29) is 6.61 Å². The van der Waals surface area contributed by atoms with Crippen LogP contribution in [0.3, 0.4) is 0 Å². The van der Waals surface area contributed by atoms with Gasteiger partial charge < -0.3 is 14.4 Å². The average molecular weight is 404 g/mol. The van der Waals surface area contributed by atoms with Crippen LogP contribution in [0.2, 0.25) is 0 Å². The molecule has 2 aromatic heterocycles. The summed E-state index contributed by atoms with van der Waals surface area (Å²) in [5, 5.41) is 0. The number of rotatable bonds is 6. The molecule has 0 amide bonds. The summed E-state index contributed by atoms with van der Waals surface area (Å²) in [5.41, 5.74) is 2.94. The van der Waals surface area contributed by atoms with Crippen molar-refractivity contribution in [3.05, 3.63) is 71.7 Å². The highest BCUT2D eigenvalue weighted by atomic mass is 16.5. The molecule has 1 aliphatic heterocycles. The number of pyridine rings is 1. The van der Waals surface area contributed by atoms with E-state index in [0.29, 0.717) is 55.6 Å². The predicted molar refractivity (Wildman–Crippen MR) is 113 cm³/mol. The molecule has 0 N–H and O–H groups in total. The van der Waals surface area contributed by atoms with Crippen molar-refractivity contribution in [2.45, 2.75) is 13.3 Å². The van der Waals surface area contributed by atoms with Gasteiger partial charge in [0.15, 0.2) is 5.82 Å². The fourth-order valence-electron chi connectivity index (χ4n) is 3.45. The van der Waals surface area contributed by atoms with E-state index >= 15 is 0 Å². The molecule has 0 atom stereocenters. The van der Waals surface area contributed by atoms with Gasteiger partial charge in [-0.3, -0.25) is 4.98 Å². The van der Waals surface area contributed by atoms with Crippen LogP contribution in [-0.2, 0) is 15.9 Å². The second kappa shape index (κ2) is 9.45. The van der Waals surface area contributed by atoms with Gasteiger partial charge in [0.1, 0.15) is 11.4 Å². The zero-order chi connectivity index (χ0) is 20.8. The summed E-state index contributed by atoms with van der Waals surface area (Å²) < 4.78 is 10.9. The maximum atomic E-state index is 13.0. The van der Waals surface area contributed by atoms with Crippen LogP contribution in [0, 0.1) is 0 Å². The van der Waals surface area contributed by atoms with Gasteiger partial charge in [0.25, 0.3) is 0 Å². The summed E-state index contributed by atoms with van der Waals surface area (Å²) in [5.74, 6) is 0.739. The van der Waals surface area contributed by atoms with Crippen molar-refractivity contribution in [1.29, 1.82) is 0 Å². The summed E-state index contributed by atoms with van der Waals surface area (Å²) >= 11 is 0. The Morgan fingerprint density at radius 2 is 1.90 bits per heavy atom. The summed E-state index contributed by atoms with van der Waals surface area (Å²) in [6.07, 6.45) is 3.95. The molecule has 0 aliphatic carbocycles. The Morgan fingerprint density at radius 3 is 2.60 bits per heavy atom. The van der Waals surface area contributed by atoms with E-state index in [1.54, 1.807) is 19.3 Å². The highest BCUT2D eigenvalue weighted by Crippen LogP contribution is 2.28. The minimum Gasteiger partial charge on any atom is -0.462 e. The molecule has 3 heterocycles. The number of hydrogen-bond donors (Lipinski definition) is 0. The van der Waals surface area contributed by atoms with Crippen LogP contribution in [0.15, 0.2) is 54.9 Å². The fraction of sp³-hybridized carbons (Fsp3) is 0.304. The number of hydrogen-bond acceptors (Lipinski definition) is 7. The zero-order valence-electron chi connectivity index (χ0n) is 17.0. The van der Waals surface area contributed by atoms with Crippen molar-refractivity contribution in [3.8, 4) is 11.4 Å². The second-order valence-corrected chi connectivity index (χ2v) is 6.92. The van der Waals surface area contributed by atoms with E-state index in [4.69, 9.17) is 19.4 Å². The van der Waals surface area contributed by atoms with Gasteiger partial charge in [-0.25, -0.2) is 14.8 Å². The van der Waals surface area contributed by atoms with Crippen molar-refractivity contribution in [3.63, 3.8) is 0 Å². The highest BCUT2D eigenvalue weighted by Gasteiger charge is 2.27. The molecule has 3 aromatic rings. The Balaban J connectivity index is 1.88. The molecule has 1 aromatic carbocycles. The van der Waals surface area contributed by atoms with E-state index in [0.717, 1.165) is 11.1 Å². The van der Waals surface area contributed by atoms with E-state index in [9.17, 15) is 4.79 Å². The van der Waals surface area contributed by atoms with Crippen molar-refractivity contribution in [2.24, 2.45) is 0 Å². The van der Waals surface area contributed by atoms with Gasteiger partial charge in [-0.2, -0.15) is 0 Å². The minimum absolute atomic E-state index is 0.288. The number of esters is 1. The average Bonchev–Trinajstić information content (AvgIpc) is 2.80. The van der Waals surface area contributed by atoms with E-state index in [2.05, 4.69) is 9.88 Å². The number of morpholine rings is 1. The molecule has 1 fully saturated rings. The molecule has 0 radical (unpaired) electrons. The first kappa shape index (κ1) is 20.0. The third-order valence-electron chi connectivity index (χ3n) is 4.89.